The second-order valence-corrected chi connectivity index (χ2v) is 4.91. The van der Waals surface area contributed by atoms with Crippen LogP contribution in [0.3, 0.4) is 0 Å². The largest absolute Gasteiger partial charge is 0.357 e. The minimum atomic E-state index is -0.0740. The van der Waals surface area contributed by atoms with Crippen molar-refractivity contribution in [3.8, 4) is 0 Å². The van der Waals surface area contributed by atoms with Crippen LogP contribution in [0, 0.1) is 6.92 Å². The zero-order valence-corrected chi connectivity index (χ0v) is 10.7. The van der Waals surface area contributed by atoms with E-state index in [1.54, 1.807) is 23.6 Å². The molecule has 2 rings (SSSR count). The van der Waals surface area contributed by atoms with Gasteiger partial charge in [-0.05, 0) is 19.1 Å². The van der Waals surface area contributed by atoms with Crippen molar-refractivity contribution in [3.05, 3.63) is 40.1 Å². The Hall–Kier alpha value is -1.62. The third kappa shape index (κ3) is 2.94. The molecule has 4 nitrogen and oxygen atoms in total. The van der Waals surface area contributed by atoms with Crippen molar-refractivity contribution in [1.29, 1.82) is 0 Å². The van der Waals surface area contributed by atoms with Gasteiger partial charge in [-0.15, -0.1) is 11.3 Å². The van der Waals surface area contributed by atoms with Crippen molar-refractivity contribution >= 4 is 17.2 Å². The molecule has 0 spiro atoms. The summed E-state index contributed by atoms with van der Waals surface area (Å²) >= 11 is 1.64. The summed E-state index contributed by atoms with van der Waals surface area (Å²) in [6.07, 6.45) is 1.74. The lowest BCUT2D eigenvalue weighted by atomic mass is 10.2. The van der Waals surface area contributed by atoms with Crippen molar-refractivity contribution < 1.29 is 4.79 Å². The number of aromatic nitrogens is 2. The molecule has 90 valence electrons. The van der Waals surface area contributed by atoms with E-state index in [0.717, 1.165) is 10.7 Å². The van der Waals surface area contributed by atoms with Crippen LogP contribution in [0.4, 0.5) is 0 Å². The summed E-state index contributed by atoms with van der Waals surface area (Å²) in [7, 11) is 0. The highest BCUT2D eigenvalue weighted by atomic mass is 32.1. The summed E-state index contributed by atoms with van der Waals surface area (Å²) in [6.45, 7) is 4.64. The Balaban J connectivity index is 1.88. The molecule has 0 aromatic carbocycles. The van der Waals surface area contributed by atoms with Gasteiger partial charge in [0, 0.05) is 29.7 Å². The number of hydrogen-bond donors (Lipinski definition) is 2. The van der Waals surface area contributed by atoms with E-state index in [1.165, 1.54) is 0 Å². The SMILES string of the molecule is Cc1csc([C@@H](C)CNC(=O)c2ccc[nH]2)n1. The fraction of sp³-hybridized carbons (Fsp3) is 0.333. The van der Waals surface area contributed by atoms with Crippen LogP contribution in [0.5, 0.6) is 0 Å². The molecular weight excluding hydrogens is 234 g/mol. The number of rotatable bonds is 4. The van der Waals surface area contributed by atoms with Crippen LogP contribution in [0.25, 0.3) is 0 Å². The van der Waals surface area contributed by atoms with Gasteiger partial charge >= 0.3 is 0 Å². The molecule has 0 bridgehead atoms. The van der Waals surface area contributed by atoms with Gasteiger partial charge < -0.3 is 10.3 Å². The molecule has 0 unspecified atom stereocenters. The third-order valence-corrected chi connectivity index (χ3v) is 3.66. The van der Waals surface area contributed by atoms with E-state index in [2.05, 4.69) is 22.2 Å². The molecule has 1 amide bonds. The maximum absolute atomic E-state index is 11.7. The van der Waals surface area contributed by atoms with Gasteiger partial charge in [0.1, 0.15) is 5.69 Å². The number of thiazole rings is 1. The molecule has 0 aliphatic rings. The number of aromatic amines is 1. The Morgan fingerprint density at radius 2 is 2.47 bits per heavy atom. The minimum absolute atomic E-state index is 0.0740. The van der Waals surface area contributed by atoms with Crippen LogP contribution in [-0.2, 0) is 0 Å². The first-order valence-corrected chi connectivity index (χ1v) is 6.38. The average molecular weight is 249 g/mol. The minimum Gasteiger partial charge on any atom is -0.357 e. The maximum Gasteiger partial charge on any atom is 0.267 e. The van der Waals surface area contributed by atoms with Gasteiger partial charge in [-0.25, -0.2) is 4.98 Å². The molecule has 2 N–H and O–H groups in total. The number of nitrogens with one attached hydrogen (secondary N) is 2. The summed E-state index contributed by atoms with van der Waals surface area (Å²) in [6, 6.07) is 3.57. The lowest BCUT2D eigenvalue weighted by Gasteiger charge is -2.09. The summed E-state index contributed by atoms with van der Waals surface area (Å²) < 4.78 is 0. The normalized spacial score (nSPS) is 12.4. The van der Waals surface area contributed by atoms with Crippen molar-refractivity contribution in [2.75, 3.05) is 6.54 Å². The molecule has 2 heterocycles. The van der Waals surface area contributed by atoms with Gasteiger partial charge in [0.25, 0.3) is 5.91 Å². The van der Waals surface area contributed by atoms with Gasteiger partial charge in [-0.3, -0.25) is 4.79 Å². The summed E-state index contributed by atoms with van der Waals surface area (Å²) in [5, 5.41) is 5.98. The number of H-pyrrole nitrogens is 1. The van der Waals surface area contributed by atoms with Crippen LogP contribution >= 0.6 is 11.3 Å². The highest BCUT2D eigenvalue weighted by Gasteiger charge is 2.12. The molecule has 0 aliphatic carbocycles. The molecule has 0 radical (unpaired) electrons. The highest BCUT2D eigenvalue weighted by molar-refractivity contribution is 7.09. The fourth-order valence-corrected chi connectivity index (χ4v) is 2.35. The molecular formula is C12H15N3OS. The van der Waals surface area contributed by atoms with Gasteiger partial charge in [0.15, 0.2) is 0 Å². The zero-order valence-electron chi connectivity index (χ0n) is 9.86. The Kier molecular flexibility index (Phi) is 3.58. The highest BCUT2D eigenvalue weighted by Crippen LogP contribution is 2.18. The zero-order chi connectivity index (χ0) is 12.3. The molecule has 17 heavy (non-hydrogen) atoms. The van der Waals surface area contributed by atoms with Gasteiger partial charge in [0.05, 0.1) is 5.01 Å². The molecule has 2 aromatic rings. The summed E-state index contributed by atoms with van der Waals surface area (Å²) in [4.78, 5) is 19.0. The number of nitrogens with zero attached hydrogens (tertiary/aromatic N) is 1. The van der Waals surface area contributed by atoms with Crippen LogP contribution in [0.2, 0.25) is 0 Å². The first kappa shape index (κ1) is 11.9. The maximum atomic E-state index is 11.7. The predicted octanol–water partition coefficient (Wildman–Crippen LogP) is 2.31. The average Bonchev–Trinajstić information content (AvgIpc) is 2.95. The molecule has 0 aliphatic heterocycles. The van der Waals surface area contributed by atoms with E-state index in [9.17, 15) is 4.79 Å². The Morgan fingerprint density at radius 3 is 3.06 bits per heavy atom. The Labute approximate surface area is 104 Å². The third-order valence-electron chi connectivity index (χ3n) is 2.47. The molecule has 5 heteroatoms. The number of carbonyl (C=O) groups is 1. The Bertz CT molecular complexity index is 490. The van der Waals surface area contributed by atoms with Crippen molar-refractivity contribution in [3.63, 3.8) is 0 Å². The van der Waals surface area contributed by atoms with Crippen LogP contribution < -0.4 is 5.32 Å². The molecule has 0 saturated carbocycles. The lowest BCUT2D eigenvalue weighted by Crippen LogP contribution is -2.27. The standard InChI is InChI=1S/C12H15N3OS/c1-8(12-15-9(2)7-17-12)6-14-11(16)10-4-3-5-13-10/h3-5,7-8,13H,6H2,1-2H3,(H,14,16)/t8-/m0/s1. The first-order valence-electron chi connectivity index (χ1n) is 5.50. The van der Waals surface area contributed by atoms with Crippen LogP contribution in [0.1, 0.15) is 34.0 Å². The molecule has 1 atom stereocenters. The van der Waals surface area contributed by atoms with Crippen LogP contribution in [0.15, 0.2) is 23.7 Å². The van der Waals surface area contributed by atoms with Crippen molar-refractivity contribution in [2.24, 2.45) is 0 Å². The second kappa shape index (κ2) is 5.14. The number of carbonyl (C=O) groups excluding carboxylic acids is 1. The van der Waals surface area contributed by atoms with E-state index in [-0.39, 0.29) is 11.8 Å². The molecule has 0 saturated heterocycles. The Morgan fingerprint density at radius 1 is 1.65 bits per heavy atom. The molecule has 2 aromatic heterocycles. The molecule has 0 fully saturated rings. The van der Waals surface area contributed by atoms with Gasteiger partial charge in [0.2, 0.25) is 0 Å². The van der Waals surface area contributed by atoms with E-state index in [4.69, 9.17) is 0 Å². The topological polar surface area (TPSA) is 57.8 Å². The number of aryl methyl sites for hydroxylation is 1. The smallest absolute Gasteiger partial charge is 0.267 e. The number of amides is 1. The fourth-order valence-electron chi connectivity index (χ4n) is 1.50. The van der Waals surface area contributed by atoms with Crippen LogP contribution in [-0.4, -0.2) is 22.4 Å². The quantitative estimate of drug-likeness (QED) is 0.873. The van der Waals surface area contributed by atoms with E-state index >= 15 is 0 Å². The lowest BCUT2D eigenvalue weighted by molar-refractivity contribution is 0.0947. The van der Waals surface area contributed by atoms with Crippen molar-refractivity contribution in [1.82, 2.24) is 15.3 Å². The summed E-state index contributed by atoms with van der Waals surface area (Å²) in [5.41, 5.74) is 1.63. The second-order valence-electron chi connectivity index (χ2n) is 4.02. The number of hydrogen-bond acceptors (Lipinski definition) is 3. The first-order chi connectivity index (χ1) is 8.16. The van der Waals surface area contributed by atoms with E-state index in [1.807, 2.05) is 18.4 Å². The van der Waals surface area contributed by atoms with Crippen molar-refractivity contribution in [2.45, 2.75) is 19.8 Å². The van der Waals surface area contributed by atoms with E-state index in [0.29, 0.717) is 12.2 Å². The predicted molar refractivity (Wildman–Crippen MR) is 68.4 cm³/mol. The monoisotopic (exact) mass is 249 g/mol. The summed E-state index contributed by atoms with van der Waals surface area (Å²) in [5.74, 6) is 0.169. The van der Waals surface area contributed by atoms with Gasteiger partial charge in [-0.2, -0.15) is 0 Å². The van der Waals surface area contributed by atoms with Gasteiger partial charge in [-0.1, -0.05) is 6.92 Å². The van der Waals surface area contributed by atoms with E-state index < -0.39 is 0 Å².